The van der Waals surface area contributed by atoms with Gasteiger partial charge in [-0.05, 0) is 77.1 Å². The van der Waals surface area contributed by atoms with Crippen molar-refractivity contribution in [1.82, 2.24) is 0 Å². The van der Waals surface area contributed by atoms with Crippen molar-refractivity contribution in [2.24, 2.45) is 5.92 Å². The molecule has 0 bridgehead atoms. The van der Waals surface area contributed by atoms with E-state index in [0.29, 0.717) is 18.3 Å². The first kappa shape index (κ1) is 20.0. The summed E-state index contributed by atoms with van der Waals surface area (Å²) in [5.74, 6) is 1.14. The molecular weight excluding hydrogens is 427 g/mol. The lowest BCUT2D eigenvalue weighted by Crippen LogP contribution is -2.13. The van der Waals surface area contributed by atoms with Crippen molar-refractivity contribution in [2.45, 2.75) is 39.7 Å². The second-order valence-corrected chi connectivity index (χ2v) is 7.91. The average Bonchev–Trinajstić information content (AvgIpc) is 3.03. The number of benzene rings is 1. The Bertz CT molecular complexity index is 701. The van der Waals surface area contributed by atoms with Crippen LogP contribution in [0.2, 0.25) is 0 Å². The molecule has 0 fully saturated rings. The lowest BCUT2D eigenvalue weighted by molar-refractivity contribution is 0.116. The Kier molecular flexibility index (Phi) is 7.14. The van der Waals surface area contributed by atoms with Gasteiger partial charge in [0.1, 0.15) is 0 Å². The molecule has 3 nitrogen and oxygen atoms in total. The summed E-state index contributed by atoms with van der Waals surface area (Å²) in [6, 6.07) is 3.82. The summed E-state index contributed by atoms with van der Waals surface area (Å²) >= 11 is 2.12. The Balaban J connectivity index is 2.04. The summed E-state index contributed by atoms with van der Waals surface area (Å²) in [7, 11) is 1.57. The lowest BCUT2D eigenvalue weighted by Gasteiger charge is -2.19. The molecule has 25 heavy (non-hydrogen) atoms. The fourth-order valence-corrected chi connectivity index (χ4v) is 3.56. The average molecular weight is 454 g/mol. The Hall–Kier alpha value is -1.27. The molecule has 4 heteroatoms. The molecule has 0 aromatic heterocycles. The van der Waals surface area contributed by atoms with E-state index in [1.54, 1.807) is 7.11 Å². The van der Waals surface area contributed by atoms with Gasteiger partial charge in [0.15, 0.2) is 11.5 Å². The van der Waals surface area contributed by atoms with E-state index in [0.717, 1.165) is 22.0 Å². The molecule has 2 rings (SSSR count). The van der Waals surface area contributed by atoms with Gasteiger partial charge in [0, 0.05) is 0 Å². The van der Waals surface area contributed by atoms with Gasteiger partial charge >= 0.3 is 0 Å². The van der Waals surface area contributed by atoms with Crippen LogP contribution in [0.3, 0.4) is 0 Å². The number of methoxy groups -OCH3 is 1. The summed E-state index contributed by atoms with van der Waals surface area (Å²) in [5, 5.41) is 9.94. The van der Waals surface area contributed by atoms with E-state index in [1.807, 2.05) is 12.1 Å². The van der Waals surface area contributed by atoms with E-state index in [-0.39, 0.29) is 11.9 Å². The van der Waals surface area contributed by atoms with Crippen molar-refractivity contribution in [1.29, 1.82) is 0 Å². The maximum absolute atomic E-state index is 9.94. The molecule has 1 heterocycles. The smallest absolute Gasteiger partial charge is 0.171 e. The molecule has 1 N–H and O–H groups in total. The standard InChI is InChI=1S/C21H27IO3/c1-13(2)15(4)17-8-9-25-19(17)7-6-14(3)10-16-11-18(22)21(23)20(12-16)24-5/h8,10-13,19,23H,4,6-7,9H2,1-3,5H3/b14-10+. The third-order valence-corrected chi connectivity index (χ3v) is 5.32. The minimum Gasteiger partial charge on any atom is -0.504 e. The normalized spacial score (nSPS) is 17.8. The maximum Gasteiger partial charge on any atom is 0.171 e. The van der Waals surface area contributed by atoms with E-state index in [9.17, 15) is 5.11 Å². The maximum atomic E-state index is 9.94. The van der Waals surface area contributed by atoms with Gasteiger partial charge in [-0.25, -0.2) is 0 Å². The molecule has 0 saturated carbocycles. The van der Waals surface area contributed by atoms with Crippen LogP contribution in [0.4, 0.5) is 0 Å². The van der Waals surface area contributed by atoms with Crippen LogP contribution in [0.15, 0.2) is 41.5 Å². The minimum atomic E-state index is 0.146. The second kappa shape index (κ2) is 8.90. The second-order valence-electron chi connectivity index (χ2n) is 6.74. The predicted molar refractivity (Wildman–Crippen MR) is 112 cm³/mol. The Morgan fingerprint density at radius 3 is 2.84 bits per heavy atom. The lowest BCUT2D eigenvalue weighted by atomic mass is 9.91. The molecule has 0 radical (unpaired) electrons. The zero-order chi connectivity index (χ0) is 18.6. The summed E-state index contributed by atoms with van der Waals surface area (Å²) in [6.07, 6.45) is 6.35. The predicted octanol–water partition coefficient (Wildman–Crippen LogP) is 5.73. The molecule has 1 aliphatic rings. The summed E-state index contributed by atoms with van der Waals surface area (Å²) in [6.45, 7) is 11.4. The molecule has 1 aromatic rings. The fraction of sp³-hybridized carbons (Fsp3) is 0.429. The highest BCUT2D eigenvalue weighted by Gasteiger charge is 2.23. The number of phenolic OH excluding ortho intramolecular Hbond substituents is 1. The van der Waals surface area contributed by atoms with Crippen LogP contribution in [0.25, 0.3) is 6.08 Å². The van der Waals surface area contributed by atoms with E-state index in [1.165, 1.54) is 16.7 Å². The first-order chi connectivity index (χ1) is 11.8. The highest BCUT2D eigenvalue weighted by Crippen LogP contribution is 2.34. The van der Waals surface area contributed by atoms with Crippen molar-refractivity contribution in [3.8, 4) is 11.5 Å². The molecule has 136 valence electrons. The van der Waals surface area contributed by atoms with E-state index in [2.05, 4.69) is 62.1 Å². The van der Waals surface area contributed by atoms with Crippen LogP contribution in [0, 0.1) is 9.49 Å². The third-order valence-electron chi connectivity index (χ3n) is 4.50. The van der Waals surface area contributed by atoms with Gasteiger partial charge in [-0.2, -0.15) is 0 Å². The number of ether oxygens (including phenoxy) is 2. The summed E-state index contributed by atoms with van der Waals surface area (Å²) in [5.41, 5.74) is 4.76. The zero-order valence-electron chi connectivity index (χ0n) is 15.4. The number of phenols is 1. The van der Waals surface area contributed by atoms with Gasteiger partial charge in [0.25, 0.3) is 0 Å². The molecule has 0 aliphatic carbocycles. The van der Waals surface area contributed by atoms with Crippen LogP contribution >= 0.6 is 22.6 Å². The van der Waals surface area contributed by atoms with Crippen molar-refractivity contribution >= 4 is 28.7 Å². The Morgan fingerprint density at radius 2 is 2.20 bits per heavy atom. The van der Waals surface area contributed by atoms with Crippen molar-refractivity contribution in [3.05, 3.63) is 50.6 Å². The van der Waals surface area contributed by atoms with E-state index in [4.69, 9.17) is 9.47 Å². The number of hydrogen-bond acceptors (Lipinski definition) is 3. The van der Waals surface area contributed by atoms with Gasteiger partial charge in [-0.3, -0.25) is 0 Å². The van der Waals surface area contributed by atoms with Crippen LogP contribution in [0.5, 0.6) is 11.5 Å². The van der Waals surface area contributed by atoms with E-state index < -0.39 is 0 Å². The molecular formula is C21H27IO3. The Labute approximate surface area is 164 Å². The van der Waals surface area contributed by atoms with Crippen molar-refractivity contribution in [2.75, 3.05) is 13.7 Å². The molecule has 0 saturated heterocycles. The SMILES string of the molecule is C=C(C1=CCOC1CC/C(C)=C/c1cc(I)c(O)c(OC)c1)C(C)C. The zero-order valence-corrected chi connectivity index (χ0v) is 17.6. The highest BCUT2D eigenvalue weighted by molar-refractivity contribution is 14.1. The van der Waals surface area contributed by atoms with Gasteiger partial charge in [-0.15, -0.1) is 0 Å². The van der Waals surface area contributed by atoms with Gasteiger partial charge < -0.3 is 14.6 Å². The molecule has 1 atom stereocenters. The number of rotatable bonds is 7. The van der Waals surface area contributed by atoms with Gasteiger partial charge in [-0.1, -0.05) is 38.2 Å². The topological polar surface area (TPSA) is 38.7 Å². The summed E-state index contributed by atoms with van der Waals surface area (Å²) in [4.78, 5) is 0. The largest absolute Gasteiger partial charge is 0.504 e. The number of hydrogen-bond donors (Lipinski definition) is 1. The fourth-order valence-electron chi connectivity index (χ4n) is 2.93. The van der Waals surface area contributed by atoms with Crippen molar-refractivity contribution in [3.63, 3.8) is 0 Å². The van der Waals surface area contributed by atoms with Crippen LogP contribution in [0.1, 0.15) is 39.2 Å². The van der Waals surface area contributed by atoms with Crippen LogP contribution < -0.4 is 4.74 Å². The Morgan fingerprint density at radius 1 is 1.48 bits per heavy atom. The third kappa shape index (κ3) is 5.11. The number of halogens is 1. The quantitative estimate of drug-likeness (QED) is 0.536. The van der Waals surface area contributed by atoms with E-state index >= 15 is 0 Å². The molecule has 0 amide bonds. The van der Waals surface area contributed by atoms with Gasteiger partial charge in [0.05, 0.1) is 23.4 Å². The highest BCUT2D eigenvalue weighted by atomic mass is 127. The molecule has 1 aliphatic heterocycles. The van der Waals surface area contributed by atoms with Crippen LogP contribution in [-0.4, -0.2) is 24.9 Å². The molecule has 0 spiro atoms. The van der Waals surface area contributed by atoms with Crippen molar-refractivity contribution < 1.29 is 14.6 Å². The summed E-state index contributed by atoms with van der Waals surface area (Å²) < 4.78 is 11.9. The molecule has 1 unspecified atom stereocenters. The number of aromatic hydroxyl groups is 1. The first-order valence-corrected chi connectivity index (χ1v) is 9.65. The van der Waals surface area contributed by atoms with Gasteiger partial charge in [0.2, 0.25) is 0 Å². The van der Waals surface area contributed by atoms with Crippen LogP contribution in [-0.2, 0) is 4.74 Å². The number of allylic oxidation sites excluding steroid dienone is 1. The minimum absolute atomic E-state index is 0.146. The molecule has 1 aromatic carbocycles. The monoisotopic (exact) mass is 454 g/mol. The first-order valence-electron chi connectivity index (χ1n) is 8.58.